The molecular weight excluding hydrogens is 300 g/mol. The molecule has 118 valence electrons. The number of nitrogens with zero attached hydrogens (tertiary/aromatic N) is 1. The molecule has 23 heavy (non-hydrogen) atoms. The number of nitrogens with one attached hydrogen (secondary N) is 1. The molecule has 0 fully saturated rings. The second-order valence-corrected chi connectivity index (χ2v) is 4.20. The molecule has 0 bridgehead atoms. The third kappa shape index (κ3) is 5.50. The van der Waals surface area contributed by atoms with Crippen LogP contribution < -0.4 is 10.2 Å². The largest absolute Gasteiger partial charge is 0.465 e. The normalized spacial score (nSPS) is 10.8. The lowest BCUT2D eigenvalue weighted by Gasteiger charge is -2.02. The molecule has 1 heterocycles. The van der Waals surface area contributed by atoms with Crippen molar-refractivity contribution in [3.63, 3.8) is 0 Å². The first-order valence-corrected chi connectivity index (χ1v) is 6.58. The molecule has 1 N–H and O–H groups in total. The summed E-state index contributed by atoms with van der Waals surface area (Å²) in [7, 11) is 1.24. The van der Waals surface area contributed by atoms with Gasteiger partial charge in [0, 0.05) is 6.08 Å². The lowest BCUT2D eigenvalue weighted by molar-refractivity contribution is -0.128. The van der Waals surface area contributed by atoms with Crippen LogP contribution in [0.5, 0.6) is 5.75 Å². The molecule has 2 aromatic rings. The van der Waals surface area contributed by atoms with Gasteiger partial charge in [0.05, 0.1) is 19.6 Å². The Morgan fingerprint density at radius 2 is 2.13 bits per heavy atom. The van der Waals surface area contributed by atoms with Crippen molar-refractivity contribution in [1.82, 2.24) is 5.43 Å². The molecule has 1 amide bonds. The van der Waals surface area contributed by atoms with Gasteiger partial charge in [-0.3, -0.25) is 0 Å². The fourth-order valence-electron chi connectivity index (χ4n) is 1.55. The molecule has 7 heteroatoms. The molecule has 0 aliphatic heterocycles. The van der Waals surface area contributed by atoms with Gasteiger partial charge in [0.25, 0.3) is 0 Å². The van der Waals surface area contributed by atoms with E-state index in [1.807, 2.05) is 0 Å². The lowest BCUT2D eigenvalue weighted by Crippen LogP contribution is -2.16. The Kier molecular flexibility index (Phi) is 5.70. The first-order chi connectivity index (χ1) is 11.2. The minimum Gasteiger partial charge on any atom is -0.465 e. The predicted molar refractivity (Wildman–Crippen MR) is 83.0 cm³/mol. The van der Waals surface area contributed by atoms with Crippen molar-refractivity contribution in [2.45, 2.75) is 0 Å². The molecule has 0 saturated heterocycles. The van der Waals surface area contributed by atoms with E-state index >= 15 is 0 Å². The number of furan rings is 1. The molecule has 0 saturated carbocycles. The number of hydrogen-bond donors (Lipinski definition) is 1. The number of rotatable bonds is 5. The summed E-state index contributed by atoms with van der Waals surface area (Å²) in [5, 5.41) is 3.69. The zero-order chi connectivity index (χ0) is 16.5. The van der Waals surface area contributed by atoms with Crippen molar-refractivity contribution in [3.8, 4) is 5.75 Å². The Hall–Kier alpha value is -3.35. The van der Waals surface area contributed by atoms with Crippen LogP contribution in [0.25, 0.3) is 6.08 Å². The fourth-order valence-corrected chi connectivity index (χ4v) is 1.55. The van der Waals surface area contributed by atoms with Crippen LogP contribution in [0.15, 0.2) is 58.3 Å². The molecule has 0 radical (unpaired) electrons. The number of hydrogen-bond acceptors (Lipinski definition) is 6. The molecule has 2 rings (SSSR count). The van der Waals surface area contributed by atoms with Gasteiger partial charge in [0.2, 0.25) is 0 Å². The topological polar surface area (TPSA) is 90.1 Å². The van der Waals surface area contributed by atoms with Gasteiger partial charge in [-0.2, -0.15) is 5.10 Å². The predicted octanol–water partition coefficient (Wildman–Crippen LogP) is 2.59. The maximum Gasteiger partial charge on any atom is 0.427 e. The summed E-state index contributed by atoms with van der Waals surface area (Å²) in [6.45, 7) is 0. The Balaban J connectivity index is 1.94. The Morgan fingerprint density at radius 3 is 2.87 bits per heavy atom. The number of methoxy groups -OCH3 is 1. The number of carbonyl (C=O) groups is 2. The monoisotopic (exact) mass is 314 g/mol. The molecule has 0 aliphatic carbocycles. The van der Waals surface area contributed by atoms with Gasteiger partial charge in [-0.05, 0) is 35.9 Å². The van der Waals surface area contributed by atoms with Crippen LogP contribution in [0.4, 0.5) is 4.79 Å². The average molecular weight is 314 g/mol. The summed E-state index contributed by atoms with van der Waals surface area (Å²) in [6.07, 6.45) is 5.00. The molecule has 1 aromatic carbocycles. The van der Waals surface area contributed by atoms with Gasteiger partial charge >= 0.3 is 12.1 Å². The molecule has 1 aromatic heterocycles. The van der Waals surface area contributed by atoms with Gasteiger partial charge in [0.15, 0.2) is 0 Å². The quantitative estimate of drug-likeness (QED) is 0.301. The number of ether oxygens (including phenoxy) is 2. The Labute approximate surface area is 132 Å². The fraction of sp³-hybridized carbons (Fsp3) is 0.0625. The van der Waals surface area contributed by atoms with E-state index in [1.165, 1.54) is 31.7 Å². The van der Waals surface area contributed by atoms with Crippen LogP contribution in [-0.2, 0) is 9.53 Å². The summed E-state index contributed by atoms with van der Waals surface area (Å²) in [6, 6.07) is 10.1. The van der Waals surface area contributed by atoms with Crippen molar-refractivity contribution in [2.24, 2.45) is 5.10 Å². The van der Waals surface area contributed by atoms with Crippen molar-refractivity contribution >= 4 is 24.4 Å². The first kappa shape index (κ1) is 16.0. The number of esters is 1. The van der Waals surface area contributed by atoms with E-state index in [0.29, 0.717) is 17.1 Å². The van der Waals surface area contributed by atoms with Gasteiger partial charge < -0.3 is 13.9 Å². The second kappa shape index (κ2) is 8.18. The molecule has 0 aliphatic rings. The molecule has 0 atom stereocenters. The molecule has 0 spiro atoms. The van der Waals surface area contributed by atoms with Crippen molar-refractivity contribution in [1.29, 1.82) is 0 Å². The highest BCUT2D eigenvalue weighted by Crippen LogP contribution is 2.13. The van der Waals surface area contributed by atoms with E-state index in [1.54, 1.807) is 36.4 Å². The van der Waals surface area contributed by atoms with Crippen LogP contribution in [0, 0.1) is 0 Å². The number of benzene rings is 1. The third-order valence-corrected chi connectivity index (χ3v) is 2.56. The van der Waals surface area contributed by atoms with Crippen LogP contribution in [0.1, 0.15) is 11.3 Å². The Bertz CT molecular complexity index is 720. The van der Waals surface area contributed by atoms with Crippen molar-refractivity contribution in [2.75, 3.05) is 7.11 Å². The summed E-state index contributed by atoms with van der Waals surface area (Å²) >= 11 is 0. The molecular formula is C16H14N2O5. The van der Waals surface area contributed by atoms with Crippen LogP contribution in [-0.4, -0.2) is 25.4 Å². The Morgan fingerprint density at radius 1 is 1.26 bits per heavy atom. The SMILES string of the molecule is COC(=O)NN=Cc1cccc(OC(=O)C=Cc2ccco2)c1. The van der Waals surface area contributed by atoms with Gasteiger partial charge in [-0.15, -0.1) is 0 Å². The first-order valence-electron chi connectivity index (χ1n) is 6.58. The maximum absolute atomic E-state index is 11.7. The lowest BCUT2D eigenvalue weighted by atomic mass is 10.2. The van der Waals surface area contributed by atoms with Crippen molar-refractivity contribution in [3.05, 3.63) is 60.1 Å². The van der Waals surface area contributed by atoms with Crippen LogP contribution in [0.3, 0.4) is 0 Å². The maximum atomic E-state index is 11.7. The van der Waals surface area contributed by atoms with E-state index in [-0.39, 0.29) is 0 Å². The minimum absolute atomic E-state index is 0.348. The molecule has 0 unspecified atom stereocenters. The summed E-state index contributed by atoms with van der Waals surface area (Å²) in [4.78, 5) is 22.6. The highest BCUT2D eigenvalue weighted by atomic mass is 16.5. The minimum atomic E-state index is -0.674. The van der Waals surface area contributed by atoms with E-state index in [4.69, 9.17) is 9.15 Å². The highest BCUT2D eigenvalue weighted by Gasteiger charge is 2.02. The van der Waals surface area contributed by atoms with E-state index in [0.717, 1.165) is 0 Å². The smallest absolute Gasteiger partial charge is 0.427 e. The average Bonchev–Trinajstić information content (AvgIpc) is 3.06. The second-order valence-electron chi connectivity index (χ2n) is 4.20. The summed E-state index contributed by atoms with van der Waals surface area (Å²) in [5.41, 5.74) is 2.80. The van der Waals surface area contributed by atoms with Crippen LogP contribution >= 0.6 is 0 Å². The molecule has 7 nitrogen and oxygen atoms in total. The van der Waals surface area contributed by atoms with E-state index < -0.39 is 12.1 Å². The number of hydrazone groups is 1. The number of carbonyl (C=O) groups excluding carboxylic acids is 2. The van der Waals surface area contributed by atoms with E-state index in [2.05, 4.69) is 15.3 Å². The van der Waals surface area contributed by atoms with Crippen LogP contribution in [0.2, 0.25) is 0 Å². The highest BCUT2D eigenvalue weighted by molar-refractivity contribution is 5.88. The van der Waals surface area contributed by atoms with Crippen molar-refractivity contribution < 1.29 is 23.5 Å². The van der Waals surface area contributed by atoms with Gasteiger partial charge in [0.1, 0.15) is 11.5 Å². The summed E-state index contributed by atoms with van der Waals surface area (Å²) < 4.78 is 14.6. The third-order valence-electron chi connectivity index (χ3n) is 2.56. The standard InChI is InChI=1S/C16H14N2O5/c1-21-16(20)18-17-11-12-4-2-5-14(10-12)23-15(19)8-7-13-6-3-9-22-13/h2-11H,1H3,(H,18,20). The summed E-state index contributed by atoms with van der Waals surface area (Å²) in [5.74, 6) is 0.362. The zero-order valence-electron chi connectivity index (χ0n) is 12.3. The van der Waals surface area contributed by atoms with Gasteiger partial charge in [-0.1, -0.05) is 12.1 Å². The number of amides is 1. The zero-order valence-corrected chi connectivity index (χ0v) is 12.3. The van der Waals surface area contributed by atoms with Gasteiger partial charge in [-0.25, -0.2) is 15.0 Å². The van der Waals surface area contributed by atoms with E-state index in [9.17, 15) is 9.59 Å².